The number of sulfonamides is 1. The van der Waals surface area contributed by atoms with Gasteiger partial charge in [0, 0.05) is 18.5 Å². The molecule has 0 saturated heterocycles. The van der Waals surface area contributed by atoms with Gasteiger partial charge in [-0.1, -0.05) is 32.0 Å². The number of hydrogen-bond donors (Lipinski definition) is 2. The molecule has 2 aromatic carbocycles. The third-order valence-electron chi connectivity index (χ3n) is 5.43. The molecule has 2 N–H and O–H groups in total. The number of amides is 2. The number of nitrogens with one attached hydrogen (secondary N) is 1. The number of fused-ring (bicyclic) bond motifs is 1. The Kier molecular flexibility index (Phi) is 7.10. The monoisotopic (exact) mass is 487 g/mol. The fraction of sp³-hybridized carbons (Fsp3) is 0.440. The lowest BCUT2D eigenvalue weighted by Gasteiger charge is -2.40. The van der Waals surface area contributed by atoms with Crippen LogP contribution in [0, 0.1) is 5.92 Å². The van der Waals surface area contributed by atoms with Crippen LogP contribution in [0.2, 0.25) is 0 Å². The summed E-state index contributed by atoms with van der Waals surface area (Å²) in [5.74, 6) is 0.143. The maximum absolute atomic E-state index is 12.9. The Labute approximate surface area is 201 Å². The van der Waals surface area contributed by atoms with Crippen molar-refractivity contribution in [3.63, 3.8) is 0 Å². The van der Waals surface area contributed by atoms with E-state index in [9.17, 15) is 23.1 Å². The zero-order valence-corrected chi connectivity index (χ0v) is 21.3. The quantitative estimate of drug-likeness (QED) is 0.636. The summed E-state index contributed by atoms with van der Waals surface area (Å²) in [5.41, 5.74) is 1.85. The Morgan fingerprint density at radius 2 is 1.65 bits per heavy atom. The summed E-state index contributed by atoms with van der Waals surface area (Å²) in [6, 6.07) is 11.5. The molecule has 1 aliphatic rings. The maximum atomic E-state index is 12.9. The molecule has 0 spiro atoms. The lowest BCUT2D eigenvalue weighted by molar-refractivity contribution is -0.119. The number of carboxylic acid groups (broad SMARTS) is 1. The molecule has 1 heterocycles. The third kappa shape index (κ3) is 5.59. The minimum absolute atomic E-state index is 0.0394. The van der Waals surface area contributed by atoms with E-state index >= 15 is 0 Å². The Morgan fingerprint density at radius 1 is 1.06 bits per heavy atom. The van der Waals surface area contributed by atoms with Gasteiger partial charge < -0.3 is 10.0 Å². The summed E-state index contributed by atoms with van der Waals surface area (Å²) in [5, 5.41) is 9.80. The number of rotatable bonds is 5. The van der Waals surface area contributed by atoms with Gasteiger partial charge in [0.1, 0.15) is 0 Å². The fourth-order valence-electron chi connectivity index (χ4n) is 4.10. The highest BCUT2D eigenvalue weighted by Gasteiger charge is 2.35. The van der Waals surface area contributed by atoms with Gasteiger partial charge in [-0.3, -0.25) is 9.69 Å². The van der Waals surface area contributed by atoms with Gasteiger partial charge in [0.15, 0.2) is 0 Å². The van der Waals surface area contributed by atoms with Gasteiger partial charge in [-0.15, -0.1) is 0 Å². The van der Waals surface area contributed by atoms with Crippen LogP contribution in [0.1, 0.15) is 48.0 Å². The molecule has 9 heteroatoms. The lowest BCUT2D eigenvalue weighted by atomic mass is 10.00. The van der Waals surface area contributed by atoms with Crippen molar-refractivity contribution in [2.75, 3.05) is 16.3 Å². The van der Waals surface area contributed by atoms with Crippen molar-refractivity contribution in [3.05, 3.63) is 42.5 Å². The summed E-state index contributed by atoms with van der Waals surface area (Å²) in [6.07, 6.45) is -0.715. The average molecular weight is 488 g/mol. The number of hydrogen-bond acceptors (Lipinski definition) is 4. The third-order valence-corrected chi connectivity index (χ3v) is 7.21. The van der Waals surface area contributed by atoms with Gasteiger partial charge in [-0.25, -0.2) is 17.9 Å². The van der Waals surface area contributed by atoms with Gasteiger partial charge in [-0.2, -0.15) is 0 Å². The molecule has 2 aromatic rings. The molecule has 0 aliphatic carbocycles. The van der Waals surface area contributed by atoms with Crippen LogP contribution in [-0.4, -0.2) is 43.7 Å². The zero-order valence-electron chi connectivity index (χ0n) is 20.5. The van der Waals surface area contributed by atoms with E-state index in [1.54, 1.807) is 49.9 Å². The minimum atomic E-state index is -3.66. The van der Waals surface area contributed by atoms with Crippen molar-refractivity contribution in [3.8, 4) is 11.1 Å². The second-order valence-corrected chi connectivity index (χ2v) is 11.9. The molecule has 184 valence electrons. The summed E-state index contributed by atoms with van der Waals surface area (Å²) in [6.45, 7) is 11.3. The highest BCUT2D eigenvalue weighted by atomic mass is 32.2. The van der Waals surface area contributed by atoms with Crippen LogP contribution in [0.4, 0.5) is 16.2 Å². The summed E-state index contributed by atoms with van der Waals surface area (Å²) < 4.78 is 27.8. The van der Waals surface area contributed by atoms with E-state index in [0.717, 1.165) is 11.1 Å². The summed E-state index contributed by atoms with van der Waals surface area (Å²) in [7, 11) is -3.66. The number of nitrogens with zero attached hydrogens (tertiary/aromatic N) is 2. The topological polar surface area (TPSA) is 107 Å². The van der Waals surface area contributed by atoms with Crippen molar-refractivity contribution in [1.29, 1.82) is 0 Å². The highest BCUT2D eigenvalue weighted by Crippen LogP contribution is 2.39. The molecule has 0 saturated carbocycles. The largest absolute Gasteiger partial charge is 0.465 e. The number of carbonyl (C=O) groups is 2. The molecule has 8 nitrogen and oxygen atoms in total. The minimum Gasteiger partial charge on any atom is -0.465 e. The van der Waals surface area contributed by atoms with Crippen molar-refractivity contribution in [2.24, 2.45) is 5.92 Å². The van der Waals surface area contributed by atoms with Crippen molar-refractivity contribution in [2.45, 2.75) is 64.4 Å². The predicted octanol–water partition coefficient (Wildman–Crippen LogP) is 4.70. The van der Waals surface area contributed by atoms with Crippen LogP contribution in [0.3, 0.4) is 0 Å². The van der Waals surface area contributed by atoms with Crippen LogP contribution in [0.15, 0.2) is 47.4 Å². The van der Waals surface area contributed by atoms with E-state index in [2.05, 4.69) is 4.72 Å². The molecule has 34 heavy (non-hydrogen) atoms. The maximum Gasteiger partial charge on any atom is 0.411 e. The fourth-order valence-corrected chi connectivity index (χ4v) is 5.52. The van der Waals surface area contributed by atoms with Gasteiger partial charge in [0.05, 0.1) is 22.3 Å². The lowest BCUT2D eigenvalue weighted by Crippen LogP contribution is -2.51. The van der Waals surface area contributed by atoms with Gasteiger partial charge >= 0.3 is 6.09 Å². The van der Waals surface area contributed by atoms with E-state index in [4.69, 9.17) is 0 Å². The molecule has 1 atom stereocenters. The molecule has 0 bridgehead atoms. The van der Waals surface area contributed by atoms with Crippen LogP contribution in [0.5, 0.6) is 0 Å². The Bertz CT molecular complexity index is 1180. The van der Waals surface area contributed by atoms with E-state index in [1.165, 1.54) is 17.0 Å². The molecular weight excluding hydrogens is 454 g/mol. The van der Waals surface area contributed by atoms with E-state index in [0.29, 0.717) is 17.8 Å². The smallest absolute Gasteiger partial charge is 0.411 e. The normalized spacial score (nSPS) is 16.5. The van der Waals surface area contributed by atoms with Crippen LogP contribution >= 0.6 is 0 Å². The first kappa shape index (κ1) is 25.7. The highest BCUT2D eigenvalue weighted by molar-refractivity contribution is 7.89. The first-order chi connectivity index (χ1) is 15.7. The van der Waals surface area contributed by atoms with E-state index in [-0.39, 0.29) is 29.3 Å². The standard InChI is InChI=1S/C25H33N3O5S/c1-16(2)13-23(29)28-17(3)15-27(24(30)31)22-14-19(9-12-21(22)28)18-7-10-20(11-8-18)34(32,33)26-25(4,5)6/h7-12,14,16-17,26H,13,15H2,1-6H3,(H,30,31)/t17-/m0/s1. The molecule has 1 aliphatic heterocycles. The van der Waals surface area contributed by atoms with Crippen molar-refractivity contribution < 1.29 is 23.1 Å². The molecule has 0 unspecified atom stereocenters. The van der Waals surface area contributed by atoms with E-state index in [1.807, 2.05) is 26.8 Å². The number of carbonyl (C=O) groups excluding carboxylic acids is 1. The first-order valence-electron chi connectivity index (χ1n) is 11.3. The Balaban J connectivity index is 2.00. The predicted molar refractivity (Wildman–Crippen MR) is 134 cm³/mol. The summed E-state index contributed by atoms with van der Waals surface area (Å²) >= 11 is 0. The molecule has 0 radical (unpaired) electrons. The number of benzene rings is 2. The van der Waals surface area contributed by atoms with Gasteiger partial charge in [-0.05, 0) is 69.0 Å². The average Bonchev–Trinajstić information content (AvgIpc) is 2.70. The van der Waals surface area contributed by atoms with Crippen molar-refractivity contribution in [1.82, 2.24) is 4.72 Å². The first-order valence-corrected chi connectivity index (χ1v) is 12.8. The second kappa shape index (κ2) is 9.38. The van der Waals surface area contributed by atoms with Crippen LogP contribution in [-0.2, 0) is 14.8 Å². The van der Waals surface area contributed by atoms with Gasteiger partial charge in [0.25, 0.3) is 0 Å². The SMILES string of the molecule is CC(C)CC(=O)N1c2ccc(-c3ccc(S(=O)(=O)NC(C)(C)C)cc3)cc2N(C(=O)O)C[C@@H]1C. The molecule has 2 amide bonds. The number of anilines is 2. The van der Waals surface area contributed by atoms with Crippen molar-refractivity contribution >= 4 is 33.4 Å². The molecular formula is C25H33N3O5S. The molecule has 0 aromatic heterocycles. The molecule has 0 fully saturated rings. The zero-order chi connectivity index (χ0) is 25.4. The van der Waals surface area contributed by atoms with Gasteiger partial charge in [0.2, 0.25) is 15.9 Å². The second-order valence-electron chi connectivity index (χ2n) is 10.2. The molecule has 3 rings (SSSR count). The summed E-state index contributed by atoms with van der Waals surface area (Å²) in [4.78, 5) is 28.0. The Morgan fingerprint density at radius 3 is 2.18 bits per heavy atom. The van der Waals surface area contributed by atoms with Crippen LogP contribution in [0.25, 0.3) is 11.1 Å². The van der Waals surface area contributed by atoms with Crippen LogP contribution < -0.4 is 14.5 Å². The Hall–Kier alpha value is -2.91. The van der Waals surface area contributed by atoms with E-state index < -0.39 is 21.7 Å².